The van der Waals surface area contributed by atoms with Gasteiger partial charge in [-0.1, -0.05) is 29.8 Å². The Hall–Kier alpha value is -2.16. The third kappa shape index (κ3) is 2.89. The van der Waals surface area contributed by atoms with E-state index in [1.165, 1.54) is 6.20 Å². The van der Waals surface area contributed by atoms with Crippen molar-refractivity contribution in [3.8, 4) is 6.07 Å². The lowest BCUT2D eigenvalue weighted by molar-refractivity contribution is 0.220. The lowest BCUT2D eigenvalue weighted by Gasteiger charge is -2.40. The van der Waals surface area contributed by atoms with Crippen molar-refractivity contribution >= 4 is 17.4 Å². The molecular formula is C16H16ClN5. The van der Waals surface area contributed by atoms with Crippen molar-refractivity contribution < 1.29 is 0 Å². The minimum Gasteiger partial charge on any atom is -0.352 e. The van der Waals surface area contributed by atoms with E-state index in [1.54, 1.807) is 6.20 Å². The van der Waals surface area contributed by atoms with Gasteiger partial charge in [-0.25, -0.2) is 4.98 Å². The van der Waals surface area contributed by atoms with Crippen molar-refractivity contribution in [2.75, 3.05) is 31.6 Å². The van der Waals surface area contributed by atoms with Crippen LogP contribution in [0.4, 0.5) is 5.82 Å². The van der Waals surface area contributed by atoms with E-state index in [0.29, 0.717) is 5.69 Å². The lowest BCUT2D eigenvalue weighted by atomic mass is 10.0. The zero-order valence-electron chi connectivity index (χ0n) is 12.3. The zero-order chi connectivity index (χ0) is 15.5. The van der Waals surface area contributed by atoms with E-state index in [0.717, 1.165) is 36.0 Å². The smallest absolute Gasteiger partial charge is 0.161 e. The van der Waals surface area contributed by atoms with Crippen molar-refractivity contribution in [3.63, 3.8) is 0 Å². The first-order chi connectivity index (χ1) is 10.7. The monoisotopic (exact) mass is 313 g/mol. The summed E-state index contributed by atoms with van der Waals surface area (Å²) in [5.74, 6) is 0.740. The van der Waals surface area contributed by atoms with Crippen molar-refractivity contribution in [1.29, 1.82) is 5.26 Å². The minimum absolute atomic E-state index is 0.190. The number of piperazine rings is 1. The molecule has 1 unspecified atom stereocenters. The molecule has 2 aromatic rings. The molecule has 0 N–H and O–H groups in total. The third-order valence-electron chi connectivity index (χ3n) is 3.97. The number of benzene rings is 1. The van der Waals surface area contributed by atoms with Crippen LogP contribution < -0.4 is 4.90 Å². The summed E-state index contributed by atoms with van der Waals surface area (Å²) in [4.78, 5) is 12.9. The predicted molar refractivity (Wildman–Crippen MR) is 85.8 cm³/mol. The SMILES string of the molecule is CN1CCN(c2cncc(C#N)n2)CC1c1ccccc1Cl. The normalized spacial score (nSPS) is 19.0. The Bertz CT molecular complexity index is 712. The molecule has 3 rings (SSSR count). The van der Waals surface area contributed by atoms with Gasteiger partial charge in [0, 0.05) is 24.7 Å². The molecule has 1 aromatic carbocycles. The lowest BCUT2D eigenvalue weighted by Crippen LogP contribution is -2.47. The van der Waals surface area contributed by atoms with Crippen molar-refractivity contribution in [2.45, 2.75) is 6.04 Å². The average Bonchev–Trinajstić information content (AvgIpc) is 2.56. The minimum atomic E-state index is 0.190. The van der Waals surface area contributed by atoms with Crippen LogP contribution in [0.2, 0.25) is 5.02 Å². The van der Waals surface area contributed by atoms with E-state index >= 15 is 0 Å². The van der Waals surface area contributed by atoms with Crippen molar-refractivity contribution in [3.05, 3.63) is 52.9 Å². The van der Waals surface area contributed by atoms with Gasteiger partial charge in [0.15, 0.2) is 5.69 Å². The summed E-state index contributed by atoms with van der Waals surface area (Å²) in [5, 5.41) is 9.75. The highest BCUT2D eigenvalue weighted by molar-refractivity contribution is 6.31. The molecular weight excluding hydrogens is 298 g/mol. The number of aromatic nitrogens is 2. The molecule has 0 spiro atoms. The molecule has 2 heterocycles. The van der Waals surface area contributed by atoms with Gasteiger partial charge in [-0.3, -0.25) is 9.88 Å². The van der Waals surface area contributed by atoms with Gasteiger partial charge in [-0.05, 0) is 18.7 Å². The fourth-order valence-electron chi connectivity index (χ4n) is 2.72. The maximum Gasteiger partial charge on any atom is 0.161 e. The molecule has 6 heteroatoms. The Morgan fingerprint density at radius 3 is 2.86 bits per heavy atom. The summed E-state index contributed by atoms with van der Waals surface area (Å²) in [6, 6.07) is 10.1. The number of rotatable bonds is 2. The molecule has 5 nitrogen and oxygen atoms in total. The quantitative estimate of drug-likeness (QED) is 0.852. The highest BCUT2D eigenvalue weighted by Gasteiger charge is 2.27. The second-order valence-electron chi connectivity index (χ2n) is 5.34. The largest absolute Gasteiger partial charge is 0.352 e. The number of halogens is 1. The van der Waals surface area contributed by atoms with Gasteiger partial charge in [-0.15, -0.1) is 0 Å². The number of anilines is 1. The highest BCUT2D eigenvalue weighted by Crippen LogP contribution is 2.30. The molecule has 1 saturated heterocycles. The standard InChI is InChI=1S/C16H16ClN5/c1-21-6-7-22(16-10-19-9-12(8-18)20-16)11-15(21)13-4-2-3-5-14(13)17/h2-5,9-10,15H,6-7,11H2,1H3. The van der Waals surface area contributed by atoms with E-state index < -0.39 is 0 Å². The molecule has 1 atom stereocenters. The first-order valence-corrected chi connectivity index (χ1v) is 7.48. The van der Waals surface area contributed by atoms with Crippen LogP contribution in [-0.2, 0) is 0 Å². The number of nitrogens with zero attached hydrogens (tertiary/aromatic N) is 5. The van der Waals surface area contributed by atoms with Gasteiger partial charge < -0.3 is 4.90 Å². The number of nitriles is 1. The first kappa shape index (κ1) is 14.8. The Balaban J connectivity index is 1.88. The number of likely N-dealkylation sites (N-methyl/N-ethyl adjacent to an activating group) is 1. The summed E-state index contributed by atoms with van der Waals surface area (Å²) in [5.41, 5.74) is 1.45. The molecule has 1 aromatic heterocycles. The second kappa shape index (κ2) is 6.30. The fourth-order valence-corrected chi connectivity index (χ4v) is 2.99. The molecule has 1 fully saturated rings. The van der Waals surface area contributed by atoms with Gasteiger partial charge in [0.25, 0.3) is 0 Å². The first-order valence-electron chi connectivity index (χ1n) is 7.11. The summed E-state index contributed by atoms with van der Waals surface area (Å²) in [7, 11) is 2.10. The Labute approximate surface area is 134 Å². The Morgan fingerprint density at radius 1 is 1.27 bits per heavy atom. The Kier molecular flexibility index (Phi) is 4.23. The van der Waals surface area contributed by atoms with Gasteiger partial charge in [-0.2, -0.15) is 5.26 Å². The van der Waals surface area contributed by atoms with E-state index in [-0.39, 0.29) is 6.04 Å². The van der Waals surface area contributed by atoms with Crippen LogP contribution in [0, 0.1) is 11.3 Å². The second-order valence-corrected chi connectivity index (χ2v) is 5.75. The average molecular weight is 314 g/mol. The van der Waals surface area contributed by atoms with Crippen LogP contribution in [0.25, 0.3) is 0 Å². The van der Waals surface area contributed by atoms with Gasteiger partial charge in [0.2, 0.25) is 0 Å². The van der Waals surface area contributed by atoms with Crippen LogP contribution >= 0.6 is 11.6 Å². The fraction of sp³-hybridized carbons (Fsp3) is 0.312. The summed E-state index contributed by atoms with van der Waals surface area (Å²) in [6.45, 7) is 2.51. The maximum atomic E-state index is 8.97. The number of hydrogen-bond acceptors (Lipinski definition) is 5. The molecule has 0 aliphatic carbocycles. The molecule has 0 amide bonds. The van der Waals surface area contributed by atoms with Crippen LogP contribution in [0.3, 0.4) is 0 Å². The summed E-state index contributed by atoms with van der Waals surface area (Å²) in [6.07, 6.45) is 3.18. The van der Waals surface area contributed by atoms with Crippen LogP contribution in [0.5, 0.6) is 0 Å². The molecule has 1 aliphatic rings. The summed E-state index contributed by atoms with van der Waals surface area (Å²) < 4.78 is 0. The van der Waals surface area contributed by atoms with Crippen LogP contribution in [-0.4, -0.2) is 41.5 Å². The predicted octanol–water partition coefficient (Wildman–Crippen LogP) is 2.49. The van der Waals surface area contributed by atoms with E-state index in [4.69, 9.17) is 16.9 Å². The third-order valence-corrected chi connectivity index (χ3v) is 4.32. The topological polar surface area (TPSA) is 56.0 Å². The zero-order valence-corrected chi connectivity index (χ0v) is 13.0. The van der Waals surface area contributed by atoms with Crippen LogP contribution in [0.1, 0.15) is 17.3 Å². The van der Waals surface area contributed by atoms with Crippen molar-refractivity contribution in [1.82, 2.24) is 14.9 Å². The van der Waals surface area contributed by atoms with Gasteiger partial charge >= 0.3 is 0 Å². The van der Waals surface area contributed by atoms with Crippen molar-refractivity contribution in [2.24, 2.45) is 0 Å². The molecule has 1 aliphatic heterocycles. The number of hydrogen-bond donors (Lipinski definition) is 0. The van der Waals surface area contributed by atoms with Gasteiger partial charge in [0.05, 0.1) is 18.4 Å². The molecule has 22 heavy (non-hydrogen) atoms. The highest BCUT2D eigenvalue weighted by atomic mass is 35.5. The summed E-state index contributed by atoms with van der Waals surface area (Å²) >= 11 is 6.35. The van der Waals surface area contributed by atoms with E-state index in [1.807, 2.05) is 24.3 Å². The van der Waals surface area contributed by atoms with Crippen LogP contribution in [0.15, 0.2) is 36.7 Å². The molecule has 112 valence electrons. The molecule has 0 radical (unpaired) electrons. The molecule has 0 saturated carbocycles. The van der Waals surface area contributed by atoms with Gasteiger partial charge in [0.1, 0.15) is 11.9 Å². The Morgan fingerprint density at radius 2 is 2.09 bits per heavy atom. The maximum absolute atomic E-state index is 8.97. The van der Waals surface area contributed by atoms with E-state index in [9.17, 15) is 0 Å². The molecule has 0 bridgehead atoms. The van der Waals surface area contributed by atoms with E-state index in [2.05, 4.69) is 32.9 Å².